The third-order valence-electron chi connectivity index (χ3n) is 3.73. The van der Waals surface area contributed by atoms with Crippen molar-refractivity contribution in [2.75, 3.05) is 6.61 Å². The first kappa shape index (κ1) is 15.6. The SMILES string of the molecule is CCOC(=O)[C@H]1C(C(F)(F)F)=C(C#N)[C@@]2(C)C=C[C@]1(C)O2. The minimum absolute atomic E-state index is 0.0561. The van der Waals surface area contributed by atoms with Crippen LogP contribution in [0.25, 0.3) is 0 Å². The van der Waals surface area contributed by atoms with Crippen LogP contribution in [0.5, 0.6) is 0 Å². The van der Waals surface area contributed by atoms with E-state index in [1.54, 1.807) is 6.07 Å². The maximum atomic E-state index is 13.4. The Hall–Kier alpha value is -1.81. The van der Waals surface area contributed by atoms with E-state index in [1.165, 1.54) is 32.9 Å². The number of halogens is 3. The van der Waals surface area contributed by atoms with E-state index in [2.05, 4.69) is 0 Å². The summed E-state index contributed by atoms with van der Waals surface area (Å²) in [6.07, 6.45) is -2.04. The second-order valence-corrected chi connectivity index (χ2v) is 5.31. The van der Waals surface area contributed by atoms with E-state index in [4.69, 9.17) is 14.7 Å². The smallest absolute Gasteiger partial charge is 0.414 e. The van der Waals surface area contributed by atoms with Gasteiger partial charge in [0, 0.05) is 0 Å². The molecule has 7 heteroatoms. The molecule has 0 N–H and O–H groups in total. The van der Waals surface area contributed by atoms with Gasteiger partial charge in [-0.2, -0.15) is 18.4 Å². The van der Waals surface area contributed by atoms with Gasteiger partial charge in [-0.3, -0.25) is 4.79 Å². The van der Waals surface area contributed by atoms with E-state index in [-0.39, 0.29) is 6.61 Å². The van der Waals surface area contributed by atoms with Crippen molar-refractivity contribution in [1.82, 2.24) is 0 Å². The molecule has 0 unspecified atom stereocenters. The monoisotopic (exact) mass is 301 g/mol. The summed E-state index contributed by atoms with van der Waals surface area (Å²) >= 11 is 0. The van der Waals surface area contributed by atoms with Crippen LogP contribution in [0.1, 0.15) is 20.8 Å². The summed E-state index contributed by atoms with van der Waals surface area (Å²) in [5.74, 6) is -2.76. The number of rotatable bonds is 2. The van der Waals surface area contributed by atoms with Gasteiger partial charge in [0.1, 0.15) is 17.1 Å². The molecule has 0 aliphatic carbocycles. The van der Waals surface area contributed by atoms with Crippen molar-refractivity contribution < 1.29 is 27.4 Å². The first-order valence-corrected chi connectivity index (χ1v) is 6.38. The number of carbonyl (C=O) groups is 1. The Balaban J connectivity index is 2.71. The molecule has 2 rings (SSSR count). The molecule has 0 aromatic carbocycles. The molecule has 4 nitrogen and oxygen atoms in total. The van der Waals surface area contributed by atoms with Crippen molar-refractivity contribution in [3.05, 3.63) is 23.3 Å². The Morgan fingerprint density at radius 2 is 2.10 bits per heavy atom. The van der Waals surface area contributed by atoms with Crippen LogP contribution in [0.15, 0.2) is 23.3 Å². The van der Waals surface area contributed by atoms with E-state index in [0.717, 1.165) is 0 Å². The summed E-state index contributed by atoms with van der Waals surface area (Å²) in [6, 6.07) is 1.55. The zero-order valence-electron chi connectivity index (χ0n) is 11.7. The van der Waals surface area contributed by atoms with Crippen molar-refractivity contribution in [1.29, 1.82) is 5.26 Å². The van der Waals surface area contributed by atoms with Crippen LogP contribution in [-0.2, 0) is 14.3 Å². The molecule has 0 aromatic heterocycles. The lowest BCUT2D eigenvalue weighted by atomic mass is 9.77. The lowest BCUT2D eigenvalue weighted by molar-refractivity contribution is -0.174. The molecule has 21 heavy (non-hydrogen) atoms. The lowest BCUT2D eigenvalue weighted by Crippen LogP contribution is -2.52. The number of alkyl halides is 3. The topological polar surface area (TPSA) is 59.3 Å². The van der Waals surface area contributed by atoms with E-state index >= 15 is 0 Å². The number of nitrogens with zero attached hydrogens (tertiary/aromatic N) is 1. The van der Waals surface area contributed by atoms with Crippen molar-refractivity contribution in [2.24, 2.45) is 5.92 Å². The predicted octanol–water partition coefficient (Wildman–Crippen LogP) is 2.67. The number of esters is 1. The number of hydrogen-bond acceptors (Lipinski definition) is 4. The minimum atomic E-state index is -4.82. The van der Waals surface area contributed by atoms with E-state index in [0.29, 0.717) is 0 Å². The van der Waals surface area contributed by atoms with E-state index in [9.17, 15) is 18.0 Å². The molecule has 2 heterocycles. The molecule has 0 saturated carbocycles. The summed E-state index contributed by atoms with van der Waals surface area (Å²) in [5, 5.41) is 9.15. The molecule has 0 aromatic rings. The highest BCUT2D eigenvalue weighted by Crippen LogP contribution is 2.53. The molecule has 2 aliphatic rings. The Labute approximate surface area is 119 Å². The molecule has 0 radical (unpaired) electrons. The molecule has 0 saturated heterocycles. The molecule has 2 aliphatic heterocycles. The summed E-state index contributed by atoms with van der Waals surface area (Å²) in [7, 11) is 0. The summed E-state index contributed by atoms with van der Waals surface area (Å²) in [6.45, 7) is 4.21. The van der Waals surface area contributed by atoms with Crippen LogP contribution in [-0.4, -0.2) is 30.0 Å². The van der Waals surface area contributed by atoms with Crippen molar-refractivity contribution in [2.45, 2.75) is 38.1 Å². The third-order valence-corrected chi connectivity index (χ3v) is 3.73. The number of fused-ring (bicyclic) bond motifs is 2. The standard InChI is InChI=1S/C14H14F3NO3/c1-4-20-11(19)10-9(14(15,16)17)8(7-18)12(2)5-6-13(10,3)21-12/h5-6,10H,4H2,1-3H3/t10-,12-,13+/m1/s1. The molecule has 0 spiro atoms. The van der Waals surface area contributed by atoms with Crippen LogP contribution >= 0.6 is 0 Å². The number of hydrogen-bond donors (Lipinski definition) is 0. The fourth-order valence-corrected chi connectivity index (χ4v) is 2.89. The summed E-state index contributed by atoms with van der Waals surface area (Å²) in [4.78, 5) is 12.0. The van der Waals surface area contributed by atoms with Gasteiger partial charge in [0.15, 0.2) is 0 Å². The molecule has 3 atom stereocenters. The first-order valence-electron chi connectivity index (χ1n) is 6.38. The van der Waals surface area contributed by atoms with Gasteiger partial charge in [0.05, 0.1) is 23.8 Å². The molecular formula is C14H14F3NO3. The molecule has 0 fully saturated rings. The predicted molar refractivity (Wildman–Crippen MR) is 65.9 cm³/mol. The zero-order chi connectivity index (χ0) is 16.1. The quantitative estimate of drug-likeness (QED) is 0.581. The van der Waals surface area contributed by atoms with Gasteiger partial charge < -0.3 is 9.47 Å². The van der Waals surface area contributed by atoms with Crippen LogP contribution in [0.3, 0.4) is 0 Å². The zero-order valence-corrected chi connectivity index (χ0v) is 11.7. The van der Waals surface area contributed by atoms with Gasteiger partial charge in [-0.15, -0.1) is 0 Å². The Kier molecular flexibility index (Phi) is 3.41. The summed E-state index contributed by atoms with van der Waals surface area (Å²) in [5.41, 5.74) is -4.73. The van der Waals surface area contributed by atoms with Crippen molar-refractivity contribution in [3.8, 4) is 6.07 Å². The van der Waals surface area contributed by atoms with Crippen LogP contribution in [0.2, 0.25) is 0 Å². The highest BCUT2D eigenvalue weighted by Gasteiger charge is 2.62. The Morgan fingerprint density at radius 3 is 2.57 bits per heavy atom. The maximum Gasteiger partial charge on any atom is 0.414 e. The average Bonchev–Trinajstić information content (AvgIpc) is 2.61. The van der Waals surface area contributed by atoms with E-state index in [1.807, 2.05) is 0 Å². The third kappa shape index (κ3) is 2.23. The number of ether oxygens (including phenoxy) is 2. The van der Waals surface area contributed by atoms with Gasteiger partial charge in [-0.25, -0.2) is 0 Å². The minimum Gasteiger partial charge on any atom is -0.465 e. The van der Waals surface area contributed by atoms with Crippen molar-refractivity contribution >= 4 is 5.97 Å². The van der Waals surface area contributed by atoms with Crippen LogP contribution < -0.4 is 0 Å². The van der Waals surface area contributed by atoms with Gasteiger partial charge >= 0.3 is 12.1 Å². The van der Waals surface area contributed by atoms with Gasteiger partial charge in [0.2, 0.25) is 0 Å². The Bertz CT molecular complexity index is 587. The molecule has 0 amide bonds. The lowest BCUT2D eigenvalue weighted by Gasteiger charge is -2.42. The normalized spacial score (nSPS) is 34.8. The second kappa shape index (κ2) is 4.60. The van der Waals surface area contributed by atoms with E-state index < -0.39 is 40.4 Å². The Morgan fingerprint density at radius 1 is 1.48 bits per heavy atom. The molecule has 114 valence electrons. The highest BCUT2D eigenvalue weighted by atomic mass is 19.4. The van der Waals surface area contributed by atoms with Crippen molar-refractivity contribution in [3.63, 3.8) is 0 Å². The van der Waals surface area contributed by atoms with Gasteiger partial charge in [-0.05, 0) is 26.8 Å². The number of carbonyl (C=O) groups excluding carboxylic acids is 1. The van der Waals surface area contributed by atoms with Crippen LogP contribution in [0, 0.1) is 17.2 Å². The van der Waals surface area contributed by atoms with Gasteiger partial charge in [-0.1, -0.05) is 6.08 Å². The fourth-order valence-electron chi connectivity index (χ4n) is 2.89. The van der Waals surface area contributed by atoms with Crippen LogP contribution in [0.4, 0.5) is 13.2 Å². The van der Waals surface area contributed by atoms with Gasteiger partial charge in [0.25, 0.3) is 0 Å². The first-order chi connectivity index (χ1) is 9.59. The largest absolute Gasteiger partial charge is 0.465 e. The average molecular weight is 301 g/mol. The molecule has 2 bridgehead atoms. The second-order valence-electron chi connectivity index (χ2n) is 5.31. The maximum absolute atomic E-state index is 13.4. The molecular weight excluding hydrogens is 287 g/mol. The fraction of sp³-hybridized carbons (Fsp3) is 0.571. The number of nitriles is 1. The summed E-state index contributed by atoms with van der Waals surface area (Å²) < 4.78 is 50.7. The highest BCUT2D eigenvalue weighted by molar-refractivity contribution is 5.80.